The van der Waals surface area contributed by atoms with Crippen molar-refractivity contribution in [3.05, 3.63) is 35.4 Å². The van der Waals surface area contributed by atoms with Crippen molar-refractivity contribution in [3.8, 4) is 0 Å². The zero-order valence-electron chi connectivity index (χ0n) is 11.9. The highest BCUT2D eigenvalue weighted by atomic mass is 127. The van der Waals surface area contributed by atoms with E-state index < -0.39 is 17.2 Å². The van der Waals surface area contributed by atoms with Gasteiger partial charge in [0.1, 0.15) is 0 Å². The van der Waals surface area contributed by atoms with Gasteiger partial charge in [-0.2, -0.15) is 13.2 Å². The van der Waals surface area contributed by atoms with Crippen molar-refractivity contribution in [2.45, 2.75) is 24.4 Å². The maximum absolute atomic E-state index is 12.9. The number of rotatable bonds is 3. The third-order valence-corrected chi connectivity index (χ3v) is 3.82. The molecule has 1 aliphatic heterocycles. The quantitative estimate of drug-likeness (QED) is 0.441. The molecule has 0 bridgehead atoms. The Morgan fingerprint density at radius 1 is 1.23 bits per heavy atom. The number of aliphatic imine (C=N–C) groups is 1. The SMILES string of the molecule is I.NC(N)=NCC1(c2cccc(C(F)(F)F)c2)CCOCC1. The lowest BCUT2D eigenvalue weighted by Gasteiger charge is -2.36. The van der Waals surface area contributed by atoms with Gasteiger partial charge in [0.15, 0.2) is 5.96 Å². The Morgan fingerprint density at radius 2 is 1.86 bits per heavy atom. The van der Waals surface area contributed by atoms with Crippen LogP contribution in [0.1, 0.15) is 24.0 Å². The number of nitrogens with two attached hydrogens (primary N) is 2. The lowest BCUT2D eigenvalue weighted by molar-refractivity contribution is -0.137. The average Bonchev–Trinajstić information content (AvgIpc) is 2.45. The zero-order valence-corrected chi connectivity index (χ0v) is 14.2. The third kappa shape index (κ3) is 4.48. The molecular formula is C14H19F3IN3O. The van der Waals surface area contributed by atoms with Crippen LogP contribution in [0, 0.1) is 0 Å². The van der Waals surface area contributed by atoms with Crippen molar-refractivity contribution in [1.29, 1.82) is 0 Å². The van der Waals surface area contributed by atoms with Gasteiger partial charge in [-0.05, 0) is 24.5 Å². The van der Waals surface area contributed by atoms with Gasteiger partial charge in [0, 0.05) is 18.6 Å². The van der Waals surface area contributed by atoms with Gasteiger partial charge < -0.3 is 16.2 Å². The van der Waals surface area contributed by atoms with Crippen LogP contribution in [-0.2, 0) is 16.3 Å². The molecule has 22 heavy (non-hydrogen) atoms. The first-order chi connectivity index (χ1) is 9.83. The minimum absolute atomic E-state index is 0. The van der Waals surface area contributed by atoms with E-state index in [1.54, 1.807) is 6.07 Å². The fourth-order valence-corrected chi connectivity index (χ4v) is 2.57. The van der Waals surface area contributed by atoms with Crippen LogP contribution < -0.4 is 11.5 Å². The van der Waals surface area contributed by atoms with Gasteiger partial charge >= 0.3 is 6.18 Å². The molecule has 8 heteroatoms. The Labute approximate surface area is 144 Å². The van der Waals surface area contributed by atoms with E-state index in [4.69, 9.17) is 16.2 Å². The van der Waals surface area contributed by atoms with E-state index in [1.807, 2.05) is 0 Å². The Bertz CT molecular complexity index is 524. The zero-order chi connectivity index (χ0) is 15.5. The van der Waals surface area contributed by atoms with E-state index in [0.29, 0.717) is 31.6 Å². The van der Waals surface area contributed by atoms with Crippen LogP contribution in [0.15, 0.2) is 29.3 Å². The molecule has 0 atom stereocenters. The standard InChI is InChI=1S/C14H18F3N3O.HI/c15-14(16,17)11-3-1-2-10(8-11)13(9-20-12(18)19)4-6-21-7-5-13;/h1-3,8H,4-7,9H2,(H4,18,19,20);1H. The second kappa shape index (κ2) is 7.49. The monoisotopic (exact) mass is 429 g/mol. The van der Waals surface area contributed by atoms with Gasteiger partial charge in [-0.15, -0.1) is 24.0 Å². The van der Waals surface area contributed by atoms with E-state index in [0.717, 1.165) is 6.07 Å². The number of nitrogens with zero attached hydrogens (tertiary/aromatic N) is 1. The number of ether oxygens (including phenoxy) is 1. The molecule has 1 aromatic rings. The molecule has 1 aromatic carbocycles. The van der Waals surface area contributed by atoms with Gasteiger partial charge in [0.2, 0.25) is 0 Å². The van der Waals surface area contributed by atoms with E-state index >= 15 is 0 Å². The highest BCUT2D eigenvalue weighted by Gasteiger charge is 2.37. The largest absolute Gasteiger partial charge is 0.416 e. The van der Waals surface area contributed by atoms with Crippen LogP contribution >= 0.6 is 24.0 Å². The number of benzene rings is 1. The maximum Gasteiger partial charge on any atom is 0.416 e. The van der Waals surface area contributed by atoms with Crippen molar-refractivity contribution in [3.63, 3.8) is 0 Å². The Hall–Kier alpha value is -1.03. The van der Waals surface area contributed by atoms with Gasteiger partial charge in [-0.3, -0.25) is 4.99 Å². The van der Waals surface area contributed by atoms with E-state index in [2.05, 4.69) is 4.99 Å². The van der Waals surface area contributed by atoms with E-state index in [-0.39, 0.29) is 36.5 Å². The molecule has 0 unspecified atom stereocenters. The molecule has 0 amide bonds. The summed E-state index contributed by atoms with van der Waals surface area (Å²) in [5.74, 6) is -0.0622. The summed E-state index contributed by atoms with van der Waals surface area (Å²) in [5.41, 5.74) is 10.2. The highest BCUT2D eigenvalue weighted by Crippen LogP contribution is 2.38. The molecular weight excluding hydrogens is 410 g/mol. The molecule has 1 fully saturated rings. The Morgan fingerprint density at radius 3 is 2.41 bits per heavy atom. The topological polar surface area (TPSA) is 73.6 Å². The fraction of sp³-hybridized carbons (Fsp3) is 0.500. The van der Waals surface area contributed by atoms with Gasteiger partial charge in [0.25, 0.3) is 0 Å². The molecule has 0 spiro atoms. The third-order valence-electron chi connectivity index (χ3n) is 3.82. The molecule has 1 heterocycles. The summed E-state index contributed by atoms with van der Waals surface area (Å²) in [6.45, 7) is 1.23. The smallest absolute Gasteiger partial charge is 0.381 e. The predicted octanol–water partition coefficient (Wildman–Crippen LogP) is 2.65. The summed E-state index contributed by atoms with van der Waals surface area (Å²) in [6.07, 6.45) is -3.19. The van der Waals surface area contributed by atoms with Crippen molar-refractivity contribution in [2.24, 2.45) is 16.5 Å². The Kier molecular flexibility index (Phi) is 6.48. The summed E-state index contributed by atoms with van der Waals surface area (Å²) in [5, 5.41) is 0. The Balaban J connectivity index is 0.00000242. The van der Waals surface area contributed by atoms with Crippen LogP contribution in [0.2, 0.25) is 0 Å². The van der Waals surface area contributed by atoms with Gasteiger partial charge in [-0.1, -0.05) is 18.2 Å². The van der Waals surface area contributed by atoms with Crippen molar-refractivity contribution in [2.75, 3.05) is 19.8 Å². The van der Waals surface area contributed by atoms with Crippen LogP contribution in [0.25, 0.3) is 0 Å². The summed E-state index contributed by atoms with van der Waals surface area (Å²) >= 11 is 0. The number of guanidine groups is 1. The number of hydrogen-bond donors (Lipinski definition) is 2. The molecule has 124 valence electrons. The molecule has 0 aliphatic carbocycles. The van der Waals surface area contributed by atoms with Gasteiger partial charge in [-0.25, -0.2) is 0 Å². The summed E-state index contributed by atoms with van der Waals surface area (Å²) < 4.78 is 44.0. The summed E-state index contributed by atoms with van der Waals surface area (Å²) in [6, 6.07) is 5.37. The van der Waals surface area contributed by atoms with Crippen LogP contribution in [0.4, 0.5) is 13.2 Å². The first-order valence-corrected chi connectivity index (χ1v) is 6.64. The molecule has 4 N–H and O–H groups in total. The number of halogens is 4. The average molecular weight is 429 g/mol. The second-order valence-corrected chi connectivity index (χ2v) is 5.21. The van der Waals surface area contributed by atoms with Crippen LogP contribution in [0.3, 0.4) is 0 Å². The van der Waals surface area contributed by atoms with Crippen LogP contribution in [0.5, 0.6) is 0 Å². The van der Waals surface area contributed by atoms with Crippen molar-refractivity contribution in [1.82, 2.24) is 0 Å². The van der Waals surface area contributed by atoms with E-state index in [9.17, 15) is 13.2 Å². The van der Waals surface area contributed by atoms with Crippen molar-refractivity contribution >= 4 is 29.9 Å². The highest BCUT2D eigenvalue weighted by molar-refractivity contribution is 14.0. The lowest BCUT2D eigenvalue weighted by Crippen LogP contribution is -2.38. The van der Waals surface area contributed by atoms with Crippen LogP contribution in [-0.4, -0.2) is 25.7 Å². The molecule has 1 saturated heterocycles. The molecule has 0 saturated carbocycles. The molecule has 0 aromatic heterocycles. The van der Waals surface area contributed by atoms with E-state index in [1.165, 1.54) is 12.1 Å². The minimum Gasteiger partial charge on any atom is -0.381 e. The predicted molar refractivity (Wildman–Crippen MR) is 89.3 cm³/mol. The summed E-state index contributed by atoms with van der Waals surface area (Å²) in [4.78, 5) is 4.02. The maximum atomic E-state index is 12.9. The molecule has 4 nitrogen and oxygen atoms in total. The summed E-state index contributed by atoms with van der Waals surface area (Å²) in [7, 11) is 0. The molecule has 2 rings (SSSR count). The minimum atomic E-state index is -4.36. The first-order valence-electron chi connectivity index (χ1n) is 6.64. The lowest BCUT2D eigenvalue weighted by atomic mass is 9.74. The van der Waals surface area contributed by atoms with Crippen molar-refractivity contribution < 1.29 is 17.9 Å². The van der Waals surface area contributed by atoms with Gasteiger partial charge in [0.05, 0.1) is 12.1 Å². The first kappa shape index (κ1) is 19.0. The number of hydrogen-bond acceptors (Lipinski definition) is 2. The fourth-order valence-electron chi connectivity index (χ4n) is 2.57. The molecule has 1 aliphatic rings. The second-order valence-electron chi connectivity index (χ2n) is 5.21. The molecule has 0 radical (unpaired) electrons. The number of alkyl halides is 3. The normalized spacial score (nSPS) is 17.4.